The van der Waals surface area contributed by atoms with Crippen LogP contribution >= 0.6 is 0 Å². The summed E-state index contributed by atoms with van der Waals surface area (Å²) < 4.78 is 28.3. The van der Waals surface area contributed by atoms with E-state index < -0.39 is 10.0 Å². The van der Waals surface area contributed by atoms with Crippen molar-refractivity contribution in [2.45, 2.75) is 38.6 Å². The van der Waals surface area contributed by atoms with Gasteiger partial charge in [-0.05, 0) is 50.5 Å². The molecule has 184 valence electrons. The van der Waals surface area contributed by atoms with E-state index >= 15 is 0 Å². The van der Waals surface area contributed by atoms with E-state index in [2.05, 4.69) is 5.32 Å². The summed E-state index contributed by atoms with van der Waals surface area (Å²) in [4.78, 5) is 15.6. The van der Waals surface area contributed by atoms with Crippen LogP contribution in [0.3, 0.4) is 0 Å². The highest BCUT2D eigenvalue weighted by Gasteiger charge is 2.33. The largest absolute Gasteiger partial charge is 0.324 e. The first-order chi connectivity index (χ1) is 16.7. The normalized spacial score (nSPS) is 16.1. The second kappa shape index (κ2) is 10.3. The van der Waals surface area contributed by atoms with Crippen LogP contribution in [-0.2, 0) is 14.8 Å². The minimum absolute atomic E-state index is 0.102. The summed E-state index contributed by atoms with van der Waals surface area (Å²) in [6.07, 6.45) is 0. The minimum atomic E-state index is -3.59. The Hall–Kier alpha value is -3.00. The predicted octanol–water partition coefficient (Wildman–Crippen LogP) is 4.61. The molecule has 0 bridgehead atoms. The number of nitrogens with one attached hydrogen (secondary N) is 1. The summed E-state index contributed by atoms with van der Waals surface area (Å²) in [5.41, 5.74) is 5.37. The monoisotopic (exact) mass is 491 g/mol. The Labute approximate surface area is 208 Å². The van der Waals surface area contributed by atoms with Gasteiger partial charge < -0.3 is 5.32 Å². The highest BCUT2D eigenvalue weighted by Crippen LogP contribution is 2.29. The van der Waals surface area contributed by atoms with Gasteiger partial charge in [0.25, 0.3) is 0 Å². The molecule has 1 N–H and O–H groups in total. The van der Waals surface area contributed by atoms with E-state index in [9.17, 15) is 13.2 Å². The zero-order valence-electron chi connectivity index (χ0n) is 20.8. The van der Waals surface area contributed by atoms with Gasteiger partial charge in [-0.25, -0.2) is 8.42 Å². The smallest absolute Gasteiger partial charge is 0.243 e. The van der Waals surface area contributed by atoms with Gasteiger partial charge >= 0.3 is 0 Å². The number of benzene rings is 3. The number of aryl methyl sites for hydroxylation is 3. The third-order valence-electron chi connectivity index (χ3n) is 6.67. The first-order valence-corrected chi connectivity index (χ1v) is 13.4. The average Bonchev–Trinajstić information content (AvgIpc) is 2.83. The summed E-state index contributed by atoms with van der Waals surface area (Å²) >= 11 is 0. The van der Waals surface area contributed by atoms with Crippen molar-refractivity contribution in [1.29, 1.82) is 0 Å². The van der Waals surface area contributed by atoms with Gasteiger partial charge in [-0.1, -0.05) is 66.2 Å². The van der Waals surface area contributed by atoms with Gasteiger partial charge in [0.05, 0.1) is 10.9 Å². The molecule has 1 heterocycles. The van der Waals surface area contributed by atoms with Gasteiger partial charge in [-0.2, -0.15) is 4.31 Å². The number of sulfonamides is 1. The zero-order valence-corrected chi connectivity index (χ0v) is 21.6. The van der Waals surface area contributed by atoms with E-state index in [1.807, 2.05) is 99.3 Å². The predicted molar refractivity (Wildman–Crippen MR) is 141 cm³/mol. The Balaban J connectivity index is 1.43. The van der Waals surface area contributed by atoms with E-state index in [1.54, 1.807) is 4.31 Å². The molecule has 1 atom stereocenters. The molecule has 1 saturated heterocycles. The lowest BCUT2D eigenvalue weighted by atomic mass is 10.0. The second-order valence-electron chi connectivity index (χ2n) is 9.24. The maximum atomic E-state index is 13.4. The highest BCUT2D eigenvalue weighted by molar-refractivity contribution is 7.89. The number of amides is 1. The molecule has 1 amide bonds. The van der Waals surface area contributed by atoms with E-state index in [1.165, 1.54) is 0 Å². The Morgan fingerprint density at radius 3 is 2.06 bits per heavy atom. The molecule has 3 aromatic carbocycles. The van der Waals surface area contributed by atoms with Gasteiger partial charge in [-0.15, -0.1) is 0 Å². The van der Waals surface area contributed by atoms with E-state index in [0.29, 0.717) is 31.1 Å². The molecular formula is C28H33N3O3S. The lowest BCUT2D eigenvalue weighted by molar-refractivity contribution is -0.121. The summed E-state index contributed by atoms with van der Waals surface area (Å²) in [5.74, 6) is -0.102. The maximum absolute atomic E-state index is 13.4. The van der Waals surface area contributed by atoms with Crippen molar-refractivity contribution in [3.05, 3.63) is 83.4 Å². The number of hydrogen-bond acceptors (Lipinski definition) is 4. The van der Waals surface area contributed by atoms with E-state index in [0.717, 1.165) is 33.5 Å². The van der Waals surface area contributed by atoms with Crippen LogP contribution in [0.4, 0.5) is 5.69 Å². The number of hydrogen-bond donors (Lipinski definition) is 1. The highest BCUT2D eigenvalue weighted by atomic mass is 32.2. The molecule has 7 heteroatoms. The van der Waals surface area contributed by atoms with Gasteiger partial charge in [0.1, 0.15) is 0 Å². The number of anilines is 1. The molecule has 0 unspecified atom stereocenters. The SMILES string of the molecule is Cc1cc(C)c(S(=O)(=O)N2CCN([C@H](C)C(=O)Nc3ccccc3-c3ccccc3)CC2)c(C)c1. The number of piperazine rings is 1. The van der Waals surface area contributed by atoms with E-state index in [-0.39, 0.29) is 11.9 Å². The van der Waals surface area contributed by atoms with Crippen molar-refractivity contribution in [2.24, 2.45) is 0 Å². The molecule has 1 aliphatic heterocycles. The third kappa shape index (κ3) is 5.32. The number of carbonyl (C=O) groups excluding carboxylic acids is 1. The molecule has 0 radical (unpaired) electrons. The Morgan fingerprint density at radius 2 is 1.43 bits per heavy atom. The van der Waals surface area contributed by atoms with Crippen LogP contribution in [0, 0.1) is 20.8 Å². The summed E-state index contributed by atoms with van der Waals surface area (Å²) in [6, 6.07) is 21.2. The first-order valence-electron chi connectivity index (χ1n) is 12.0. The fourth-order valence-electron chi connectivity index (χ4n) is 4.90. The number of para-hydroxylation sites is 1. The minimum Gasteiger partial charge on any atom is -0.324 e. The molecule has 0 spiro atoms. The van der Waals surface area contributed by atoms with Crippen molar-refractivity contribution in [3.8, 4) is 11.1 Å². The second-order valence-corrected chi connectivity index (χ2v) is 11.1. The Morgan fingerprint density at radius 1 is 0.857 bits per heavy atom. The summed E-state index contributed by atoms with van der Waals surface area (Å²) in [6.45, 7) is 9.25. The quantitative estimate of drug-likeness (QED) is 0.547. The summed E-state index contributed by atoms with van der Waals surface area (Å²) in [5, 5.41) is 3.08. The van der Waals surface area contributed by atoms with Crippen LogP contribution in [0.2, 0.25) is 0 Å². The van der Waals surface area contributed by atoms with Crippen molar-refractivity contribution >= 4 is 21.6 Å². The standard InChI is InChI=1S/C28H33N3O3S/c1-20-18-21(2)27(22(3)19-20)35(33,34)31-16-14-30(15-17-31)23(4)28(32)29-26-13-9-8-12-25(26)24-10-6-5-7-11-24/h5-13,18-19,23H,14-17H2,1-4H3,(H,29,32)/t23-/m1/s1. The van der Waals surface area contributed by atoms with Gasteiger partial charge in [0.15, 0.2) is 0 Å². The Bertz CT molecular complexity index is 1290. The van der Waals surface area contributed by atoms with Gasteiger partial charge in [0, 0.05) is 37.4 Å². The molecule has 0 aromatic heterocycles. The molecule has 0 aliphatic carbocycles. The third-order valence-corrected chi connectivity index (χ3v) is 8.88. The number of nitrogens with zero attached hydrogens (tertiary/aromatic N) is 2. The van der Waals surface area contributed by atoms with Crippen molar-refractivity contribution < 1.29 is 13.2 Å². The van der Waals surface area contributed by atoms with Gasteiger partial charge in [-0.3, -0.25) is 9.69 Å². The van der Waals surface area contributed by atoms with Crippen LogP contribution in [-0.4, -0.2) is 55.8 Å². The van der Waals surface area contributed by atoms with Crippen molar-refractivity contribution in [3.63, 3.8) is 0 Å². The molecule has 4 rings (SSSR count). The topological polar surface area (TPSA) is 69.7 Å². The Kier molecular flexibility index (Phi) is 7.40. The first kappa shape index (κ1) is 25.1. The molecular weight excluding hydrogens is 458 g/mol. The van der Waals surface area contributed by atoms with Crippen LogP contribution in [0.15, 0.2) is 71.6 Å². The molecule has 35 heavy (non-hydrogen) atoms. The number of rotatable bonds is 6. The lowest BCUT2D eigenvalue weighted by Gasteiger charge is -2.37. The molecule has 3 aromatic rings. The van der Waals surface area contributed by atoms with Crippen LogP contribution < -0.4 is 5.32 Å². The average molecular weight is 492 g/mol. The fraction of sp³-hybridized carbons (Fsp3) is 0.321. The van der Waals surface area contributed by atoms with Crippen molar-refractivity contribution in [1.82, 2.24) is 9.21 Å². The van der Waals surface area contributed by atoms with Crippen LogP contribution in [0.1, 0.15) is 23.6 Å². The summed E-state index contributed by atoms with van der Waals surface area (Å²) in [7, 11) is -3.59. The van der Waals surface area contributed by atoms with Gasteiger partial charge in [0.2, 0.25) is 15.9 Å². The van der Waals surface area contributed by atoms with E-state index in [4.69, 9.17) is 0 Å². The number of carbonyl (C=O) groups is 1. The zero-order chi connectivity index (χ0) is 25.2. The maximum Gasteiger partial charge on any atom is 0.243 e. The lowest BCUT2D eigenvalue weighted by Crippen LogP contribution is -2.54. The molecule has 1 aliphatic rings. The van der Waals surface area contributed by atoms with Crippen LogP contribution in [0.5, 0.6) is 0 Å². The fourth-order valence-corrected chi connectivity index (χ4v) is 6.73. The molecule has 6 nitrogen and oxygen atoms in total. The van der Waals surface area contributed by atoms with Crippen LogP contribution in [0.25, 0.3) is 11.1 Å². The van der Waals surface area contributed by atoms with Crippen molar-refractivity contribution in [2.75, 3.05) is 31.5 Å². The molecule has 0 saturated carbocycles. The molecule has 1 fully saturated rings.